The molecule has 1 unspecified atom stereocenters. The van der Waals surface area contributed by atoms with Gasteiger partial charge in [0.15, 0.2) is 0 Å². The van der Waals surface area contributed by atoms with Crippen LogP contribution < -0.4 is 5.32 Å². The van der Waals surface area contributed by atoms with Crippen molar-refractivity contribution in [3.63, 3.8) is 0 Å². The Balaban J connectivity index is 3.34. The number of carbonyl (C=O) groups is 1. The Hall–Kier alpha value is -0.790. The first-order valence-corrected chi connectivity index (χ1v) is 4.47. The number of nitrogens with one attached hydrogen (secondary N) is 1. The lowest BCUT2D eigenvalue weighted by atomic mass is 10.3. The van der Waals surface area contributed by atoms with Gasteiger partial charge in [-0.3, -0.25) is 4.79 Å². The minimum Gasteiger partial charge on any atom is -0.394 e. The van der Waals surface area contributed by atoms with Gasteiger partial charge >= 0.3 is 0 Å². The average molecular weight is 227 g/mol. The van der Waals surface area contributed by atoms with E-state index in [0.29, 0.717) is 0 Å². The molecule has 0 aliphatic heterocycles. The van der Waals surface area contributed by atoms with Crippen LogP contribution in [0.4, 0.5) is 8.78 Å². The van der Waals surface area contributed by atoms with E-state index in [2.05, 4.69) is 10.1 Å². The molecule has 0 fully saturated rings. The van der Waals surface area contributed by atoms with E-state index in [4.69, 9.17) is 10.2 Å². The second kappa shape index (κ2) is 8.51. The Labute approximate surface area is 86.0 Å². The molecule has 0 aromatic carbocycles. The zero-order valence-electron chi connectivity index (χ0n) is 8.16. The smallest absolute Gasteiger partial charge is 0.261 e. The van der Waals surface area contributed by atoms with E-state index in [1.807, 2.05) is 0 Å². The van der Waals surface area contributed by atoms with Crippen molar-refractivity contribution in [2.24, 2.45) is 0 Å². The third-order valence-electron chi connectivity index (χ3n) is 1.46. The van der Waals surface area contributed by atoms with Crippen LogP contribution in [0.5, 0.6) is 0 Å². The number of aliphatic hydroxyl groups is 2. The summed E-state index contributed by atoms with van der Waals surface area (Å²) in [5, 5.41) is 19.6. The van der Waals surface area contributed by atoms with Crippen LogP contribution in [0.15, 0.2) is 0 Å². The molecule has 3 N–H and O–H groups in total. The van der Waals surface area contributed by atoms with E-state index in [9.17, 15) is 13.6 Å². The molecule has 90 valence electrons. The number of carbonyl (C=O) groups excluding carboxylic acids is 1. The lowest BCUT2D eigenvalue weighted by Gasteiger charge is -2.08. The summed E-state index contributed by atoms with van der Waals surface area (Å²) in [5.41, 5.74) is 0. The molecular formula is C8H15F2NO4. The molecule has 0 spiro atoms. The van der Waals surface area contributed by atoms with Gasteiger partial charge in [0.1, 0.15) is 6.61 Å². The van der Waals surface area contributed by atoms with Gasteiger partial charge in [0.25, 0.3) is 6.43 Å². The van der Waals surface area contributed by atoms with Crippen molar-refractivity contribution in [1.29, 1.82) is 0 Å². The van der Waals surface area contributed by atoms with E-state index in [1.54, 1.807) is 0 Å². The number of rotatable bonds is 8. The SMILES string of the molecule is O=C(CCOCC(F)F)NCC(O)CO. The van der Waals surface area contributed by atoms with Crippen molar-refractivity contribution in [3.8, 4) is 0 Å². The molecule has 0 radical (unpaired) electrons. The molecule has 0 bridgehead atoms. The molecule has 0 saturated heterocycles. The molecule has 0 aromatic heterocycles. The van der Waals surface area contributed by atoms with Crippen molar-refractivity contribution in [2.75, 3.05) is 26.4 Å². The fourth-order valence-electron chi connectivity index (χ4n) is 0.722. The molecule has 0 heterocycles. The van der Waals surface area contributed by atoms with Gasteiger partial charge in [-0.05, 0) is 0 Å². The molecule has 1 atom stereocenters. The molecule has 7 heteroatoms. The Morgan fingerprint density at radius 3 is 2.67 bits per heavy atom. The highest BCUT2D eigenvalue weighted by atomic mass is 19.3. The molecule has 0 saturated carbocycles. The van der Waals surface area contributed by atoms with Crippen LogP contribution in [-0.2, 0) is 9.53 Å². The van der Waals surface area contributed by atoms with Crippen LogP contribution in [-0.4, -0.2) is 55.0 Å². The van der Waals surface area contributed by atoms with E-state index in [-0.39, 0.29) is 19.6 Å². The van der Waals surface area contributed by atoms with Crippen molar-refractivity contribution in [3.05, 3.63) is 0 Å². The average Bonchev–Trinajstić information content (AvgIpc) is 2.20. The maximum Gasteiger partial charge on any atom is 0.261 e. The molecule has 1 amide bonds. The molecule has 0 aromatic rings. The fraction of sp³-hybridized carbons (Fsp3) is 0.875. The zero-order chi connectivity index (χ0) is 11.7. The number of amides is 1. The van der Waals surface area contributed by atoms with Gasteiger partial charge in [-0.2, -0.15) is 0 Å². The minimum atomic E-state index is -2.54. The largest absolute Gasteiger partial charge is 0.394 e. The number of alkyl halides is 2. The summed E-state index contributed by atoms with van der Waals surface area (Å²) in [6, 6.07) is 0. The summed E-state index contributed by atoms with van der Waals surface area (Å²) in [6.07, 6.45) is -3.59. The maximum absolute atomic E-state index is 11.6. The highest BCUT2D eigenvalue weighted by Gasteiger charge is 2.06. The molecule has 5 nitrogen and oxygen atoms in total. The molecule has 0 aliphatic rings. The monoisotopic (exact) mass is 227 g/mol. The summed E-state index contributed by atoms with van der Waals surface area (Å²) in [4.78, 5) is 10.9. The Kier molecular flexibility index (Phi) is 8.06. The van der Waals surface area contributed by atoms with Crippen LogP contribution in [0, 0.1) is 0 Å². The first kappa shape index (κ1) is 14.2. The van der Waals surface area contributed by atoms with Crippen LogP contribution in [0.3, 0.4) is 0 Å². The van der Waals surface area contributed by atoms with Crippen molar-refractivity contribution in [1.82, 2.24) is 5.32 Å². The summed E-state index contributed by atoms with van der Waals surface area (Å²) < 4.78 is 27.6. The Morgan fingerprint density at radius 1 is 1.47 bits per heavy atom. The first-order chi connectivity index (χ1) is 7.06. The molecular weight excluding hydrogens is 212 g/mol. The molecule has 15 heavy (non-hydrogen) atoms. The van der Waals surface area contributed by atoms with Gasteiger partial charge < -0.3 is 20.3 Å². The van der Waals surface area contributed by atoms with Gasteiger partial charge in [0, 0.05) is 13.0 Å². The van der Waals surface area contributed by atoms with E-state index < -0.39 is 31.7 Å². The first-order valence-electron chi connectivity index (χ1n) is 4.47. The van der Waals surface area contributed by atoms with Crippen LogP contribution in [0.25, 0.3) is 0 Å². The minimum absolute atomic E-state index is 0.0507. The second-order valence-electron chi connectivity index (χ2n) is 2.86. The zero-order valence-corrected chi connectivity index (χ0v) is 8.16. The van der Waals surface area contributed by atoms with Gasteiger partial charge in [0.2, 0.25) is 5.91 Å². The van der Waals surface area contributed by atoms with Gasteiger partial charge in [0.05, 0.1) is 19.3 Å². The predicted octanol–water partition coefficient (Wildman–Crippen LogP) is -0.872. The van der Waals surface area contributed by atoms with E-state index >= 15 is 0 Å². The molecule has 0 aliphatic carbocycles. The summed E-state index contributed by atoms with van der Waals surface area (Å²) in [6.45, 7) is -1.29. The van der Waals surface area contributed by atoms with E-state index in [0.717, 1.165) is 0 Å². The number of ether oxygens (including phenoxy) is 1. The van der Waals surface area contributed by atoms with E-state index in [1.165, 1.54) is 0 Å². The maximum atomic E-state index is 11.6. The second-order valence-corrected chi connectivity index (χ2v) is 2.86. The lowest BCUT2D eigenvalue weighted by molar-refractivity contribution is -0.123. The van der Waals surface area contributed by atoms with Gasteiger partial charge in [-0.25, -0.2) is 8.78 Å². The topological polar surface area (TPSA) is 78.8 Å². The number of hydrogen-bond donors (Lipinski definition) is 3. The normalized spacial score (nSPS) is 12.9. The van der Waals surface area contributed by atoms with Crippen molar-refractivity contribution < 1.29 is 28.5 Å². The standard InChI is InChI=1S/C8H15F2NO4/c9-7(10)5-15-2-1-8(14)11-3-6(13)4-12/h6-7,12-13H,1-5H2,(H,11,14). The van der Waals surface area contributed by atoms with Crippen LogP contribution in [0.1, 0.15) is 6.42 Å². The lowest BCUT2D eigenvalue weighted by Crippen LogP contribution is -2.34. The third kappa shape index (κ3) is 9.51. The highest BCUT2D eigenvalue weighted by molar-refractivity contribution is 5.75. The Bertz CT molecular complexity index is 180. The number of hydrogen-bond acceptors (Lipinski definition) is 4. The number of aliphatic hydroxyl groups excluding tert-OH is 2. The third-order valence-corrected chi connectivity index (χ3v) is 1.46. The number of halogens is 2. The highest BCUT2D eigenvalue weighted by Crippen LogP contribution is 1.93. The molecule has 0 rings (SSSR count). The Morgan fingerprint density at radius 2 is 2.13 bits per heavy atom. The quantitative estimate of drug-likeness (QED) is 0.471. The van der Waals surface area contributed by atoms with Crippen molar-refractivity contribution >= 4 is 5.91 Å². The fourth-order valence-corrected chi connectivity index (χ4v) is 0.722. The predicted molar refractivity (Wildman–Crippen MR) is 47.5 cm³/mol. The summed E-state index contributed by atoms with van der Waals surface area (Å²) in [7, 11) is 0. The van der Waals surface area contributed by atoms with Crippen LogP contribution >= 0.6 is 0 Å². The van der Waals surface area contributed by atoms with Crippen molar-refractivity contribution in [2.45, 2.75) is 19.0 Å². The summed E-state index contributed by atoms with van der Waals surface area (Å²) in [5.74, 6) is -0.420. The summed E-state index contributed by atoms with van der Waals surface area (Å²) >= 11 is 0. The van der Waals surface area contributed by atoms with Crippen LogP contribution in [0.2, 0.25) is 0 Å². The van der Waals surface area contributed by atoms with Gasteiger partial charge in [-0.15, -0.1) is 0 Å². The van der Waals surface area contributed by atoms with Gasteiger partial charge in [-0.1, -0.05) is 0 Å².